The summed E-state index contributed by atoms with van der Waals surface area (Å²) in [5.74, 6) is 1.22. The van der Waals surface area contributed by atoms with Gasteiger partial charge in [0.05, 0.1) is 0 Å². The monoisotopic (exact) mass is 158 g/mol. The molecule has 0 unspecified atom stereocenters. The molecule has 1 rings (SSSR count). The Morgan fingerprint density at radius 2 is 2.40 bits per heavy atom. The number of amidine groups is 1. The summed E-state index contributed by atoms with van der Waals surface area (Å²) in [6, 6.07) is 0.518. The third kappa shape index (κ3) is 2.60. The first-order valence-corrected chi connectivity index (χ1v) is 4.71. The molecule has 1 N–H and O–H groups in total. The van der Waals surface area contributed by atoms with Crippen molar-refractivity contribution in [1.82, 2.24) is 5.32 Å². The molecule has 2 nitrogen and oxygen atoms in total. The Kier molecular flexibility index (Phi) is 3.06. The number of nitrogens with one attached hydrogen (secondary N) is 1. The van der Waals surface area contributed by atoms with E-state index >= 15 is 0 Å². The Morgan fingerprint density at radius 1 is 1.60 bits per heavy atom. The minimum absolute atomic E-state index is 0.518. The van der Waals surface area contributed by atoms with Gasteiger partial charge in [0.1, 0.15) is 0 Å². The van der Waals surface area contributed by atoms with E-state index in [1.807, 2.05) is 11.8 Å². The second-order valence-corrected chi connectivity index (χ2v) is 3.77. The van der Waals surface area contributed by atoms with Crippen molar-refractivity contribution in [2.45, 2.75) is 26.3 Å². The van der Waals surface area contributed by atoms with E-state index in [9.17, 15) is 0 Å². The summed E-state index contributed by atoms with van der Waals surface area (Å²) in [7, 11) is 0. The fourth-order valence-electron chi connectivity index (χ4n) is 0.794. The Labute approximate surface area is 66.5 Å². The highest BCUT2D eigenvalue weighted by Crippen LogP contribution is 2.10. The second kappa shape index (κ2) is 3.86. The van der Waals surface area contributed by atoms with Gasteiger partial charge in [-0.25, -0.2) is 0 Å². The molecule has 0 fully saturated rings. The van der Waals surface area contributed by atoms with Crippen molar-refractivity contribution in [2.75, 3.05) is 12.3 Å². The van der Waals surface area contributed by atoms with E-state index in [2.05, 4.69) is 24.2 Å². The maximum Gasteiger partial charge on any atom is 0.156 e. The molecule has 0 aliphatic carbocycles. The molecular weight excluding hydrogens is 144 g/mol. The smallest absolute Gasteiger partial charge is 0.156 e. The molecule has 0 radical (unpaired) electrons. The summed E-state index contributed by atoms with van der Waals surface area (Å²) in [4.78, 5) is 4.34. The highest BCUT2D eigenvalue weighted by Gasteiger charge is 2.05. The molecule has 0 aromatic rings. The summed E-state index contributed by atoms with van der Waals surface area (Å²) in [5.41, 5.74) is 0. The van der Waals surface area contributed by atoms with Gasteiger partial charge in [0, 0.05) is 18.3 Å². The average molecular weight is 158 g/mol. The van der Waals surface area contributed by atoms with Crippen LogP contribution in [0.2, 0.25) is 0 Å². The Morgan fingerprint density at radius 3 is 2.90 bits per heavy atom. The van der Waals surface area contributed by atoms with E-state index in [0.717, 1.165) is 11.7 Å². The molecule has 0 bridgehead atoms. The number of hydrogen-bond donors (Lipinski definition) is 1. The molecule has 0 aromatic carbocycles. The molecule has 0 saturated carbocycles. The van der Waals surface area contributed by atoms with Crippen molar-refractivity contribution in [3.63, 3.8) is 0 Å². The van der Waals surface area contributed by atoms with Crippen LogP contribution in [-0.2, 0) is 0 Å². The molecule has 1 aliphatic rings. The standard InChI is InChI=1S/C7H14N2S/c1-6(2)9-7-8-4-3-5-10-7/h6H,3-5H2,1-2H3,(H,8,9). The average Bonchev–Trinajstić information content (AvgIpc) is 1.88. The van der Waals surface area contributed by atoms with Crippen LogP contribution in [0.5, 0.6) is 0 Å². The summed E-state index contributed by atoms with van der Waals surface area (Å²) < 4.78 is 0. The minimum Gasteiger partial charge on any atom is -0.363 e. The largest absolute Gasteiger partial charge is 0.363 e. The summed E-state index contributed by atoms with van der Waals surface area (Å²) in [6.45, 7) is 5.28. The topological polar surface area (TPSA) is 24.4 Å². The zero-order chi connectivity index (χ0) is 7.40. The number of rotatable bonds is 1. The molecule has 0 atom stereocenters. The number of aliphatic imine (C=N–C) groups is 1. The normalized spacial score (nSPS) is 18.9. The van der Waals surface area contributed by atoms with Gasteiger partial charge in [-0.15, -0.1) is 0 Å². The SMILES string of the molecule is CC(C)NC1=NCCCS1. The first-order chi connectivity index (χ1) is 4.79. The van der Waals surface area contributed by atoms with E-state index in [0.29, 0.717) is 6.04 Å². The van der Waals surface area contributed by atoms with Crippen molar-refractivity contribution < 1.29 is 0 Å². The lowest BCUT2D eigenvalue weighted by Gasteiger charge is -2.15. The highest BCUT2D eigenvalue weighted by molar-refractivity contribution is 8.13. The highest BCUT2D eigenvalue weighted by atomic mass is 32.2. The molecule has 0 amide bonds. The van der Waals surface area contributed by atoms with Crippen LogP contribution < -0.4 is 5.32 Å². The molecule has 1 aliphatic heterocycles. The first-order valence-electron chi connectivity index (χ1n) is 3.73. The maximum atomic E-state index is 4.34. The van der Waals surface area contributed by atoms with Crippen LogP contribution in [-0.4, -0.2) is 23.5 Å². The van der Waals surface area contributed by atoms with Gasteiger partial charge in [0.25, 0.3) is 0 Å². The Bertz CT molecular complexity index is 132. The quantitative estimate of drug-likeness (QED) is 0.625. The van der Waals surface area contributed by atoms with Crippen molar-refractivity contribution >= 4 is 16.9 Å². The van der Waals surface area contributed by atoms with E-state index in [1.54, 1.807) is 0 Å². The molecule has 10 heavy (non-hydrogen) atoms. The fourth-order valence-corrected chi connectivity index (χ4v) is 1.76. The molecule has 0 saturated heterocycles. The Balaban J connectivity index is 2.31. The predicted octanol–water partition coefficient (Wildman–Crippen LogP) is 1.48. The minimum atomic E-state index is 0.518. The van der Waals surface area contributed by atoms with Gasteiger partial charge in [-0.3, -0.25) is 4.99 Å². The molecule has 1 heterocycles. The van der Waals surface area contributed by atoms with Gasteiger partial charge in [-0.1, -0.05) is 11.8 Å². The second-order valence-electron chi connectivity index (χ2n) is 2.69. The molecule has 3 heteroatoms. The van der Waals surface area contributed by atoms with E-state index < -0.39 is 0 Å². The fraction of sp³-hybridized carbons (Fsp3) is 0.857. The van der Waals surface area contributed by atoms with Gasteiger partial charge in [-0.05, 0) is 20.3 Å². The maximum absolute atomic E-state index is 4.34. The van der Waals surface area contributed by atoms with Gasteiger partial charge >= 0.3 is 0 Å². The lowest BCUT2D eigenvalue weighted by Crippen LogP contribution is -2.29. The molecular formula is C7H14N2S. The van der Waals surface area contributed by atoms with E-state index in [1.165, 1.54) is 12.2 Å². The molecule has 0 spiro atoms. The van der Waals surface area contributed by atoms with Crippen LogP contribution in [0, 0.1) is 0 Å². The lowest BCUT2D eigenvalue weighted by atomic mass is 10.4. The van der Waals surface area contributed by atoms with Crippen LogP contribution in [0.3, 0.4) is 0 Å². The number of hydrogen-bond acceptors (Lipinski definition) is 3. The van der Waals surface area contributed by atoms with Crippen LogP contribution in [0.15, 0.2) is 4.99 Å². The van der Waals surface area contributed by atoms with Crippen molar-refractivity contribution in [2.24, 2.45) is 4.99 Å². The zero-order valence-electron chi connectivity index (χ0n) is 6.55. The molecule has 58 valence electrons. The van der Waals surface area contributed by atoms with Crippen molar-refractivity contribution in [1.29, 1.82) is 0 Å². The summed E-state index contributed by atoms with van der Waals surface area (Å²) >= 11 is 1.83. The van der Waals surface area contributed by atoms with Gasteiger partial charge in [-0.2, -0.15) is 0 Å². The number of nitrogens with zero attached hydrogens (tertiary/aromatic N) is 1. The predicted molar refractivity (Wildman–Crippen MR) is 47.6 cm³/mol. The van der Waals surface area contributed by atoms with Crippen LogP contribution in [0.25, 0.3) is 0 Å². The van der Waals surface area contributed by atoms with Crippen molar-refractivity contribution in [3.05, 3.63) is 0 Å². The van der Waals surface area contributed by atoms with Gasteiger partial charge in [0.15, 0.2) is 5.17 Å². The lowest BCUT2D eigenvalue weighted by molar-refractivity contribution is 0.734. The van der Waals surface area contributed by atoms with E-state index in [-0.39, 0.29) is 0 Å². The zero-order valence-corrected chi connectivity index (χ0v) is 7.37. The molecule has 0 aromatic heterocycles. The van der Waals surface area contributed by atoms with Crippen LogP contribution in [0.1, 0.15) is 20.3 Å². The van der Waals surface area contributed by atoms with Gasteiger partial charge < -0.3 is 5.32 Å². The third-order valence-electron chi connectivity index (χ3n) is 1.21. The van der Waals surface area contributed by atoms with Crippen LogP contribution in [0.4, 0.5) is 0 Å². The van der Waals surface area contributed by atoms with Crippen molar-refractivity contribution in [3.8, 4) is 0 Å². The summed E-state index contributed by atoms with van der Waals surface area (Å²) in [6.07, 6.45) is 1.23. The summed E-state index contributed by atoms with van der Waals surface area (Å²) in [5, 5.41) is 4.42. The van der Waals surface area contributed by atoms with Gasteiger partial charge in [0.2, 0.25) is 0 Å². The Hall–Kier alpha value is -0.180. The number of thioether (sulfide) groups is 1. The van der Waals surface area contributed by atoms with E-state index in [4.69, 9.17) is 0 Å². The third-order valence-corrected chi connectivity index (χ3v) is 2.22. The van der Waals surface area contributed by atoms with Crippen LogP contribution >= 0.6 is 11.8 Å². The first kappa shape index (κ1) is 7.92.